The number of phosphoric acid groups is 2. The molecule has 0 saturated heterocycles. The molecule has 3 N–H and O–H groups in total. The summed E-state index contributed by atoms with van der Waals surface area (Å²) < 4.78 is 68.3. The first-order chi connectivity index (χ1) is 43.1. The highest BCUT2D eigenvalue weighted by Crippen LogP contribution is 2.45. The molecule has 19 heteroatoms. The predicted octanol–water partition coefficient (Wildman–Crippen LogP) is 20.1. The van der Waals surface area contributed by atoms with Crippen molar-refractivity contribution in [3.05, 3.63) is 0 Å². The van der Waals surface area contributed by atoms with Gasteiger partial charge in [-0.3, -0.25) is 37.3 Å². The van der Waals surface area contributed by atoms with Crippen molar-refractivity contribution >= 4 is 39.5 Å². The fraction of sp³-hybridized carbons (Fsp3) is 0.944. The first-order valence-electron chi connectivity index (χ1n) is 36.7. The first-order valence-corrected chi connectivity index (χ1v) is 39.7. The van der Waals surface area contributed by atoms with Crippen LogP contribution in [0.5, 0.6) is 0 Å². The molecule has 0 heterocycles. The van der Waals surface area contributed by atoms with Crippen molar-refractivity contribution in [2.45, 2.75) is 369 Å². The Morgan fingerprint density at radius 3 is 0.789 bits per heavy atom. The molecule has 0 amide bonds. The second-order valence-electron chi connectivity index (χ2n) is 27.3. The summed E-state index contributed by atoms with van der Waals surface area (Å²) in [5.74, 6) is 0.873. The van der Waals surface area contributed by atoms with Gasteiger partial charge < -0.3 is 33.8 Å². The SMILES string of the molecule is CCC(C)CCCCCCCCCCCCC(=O)OC[C@H](COP(=O)(O)OC[C@@H](O)COP(=O)(O)OC[C@@H](COC(=O)CCCCCCCCC(C)C)OC(=O)CCCCCCCCCCCC(C)C)OC(=O)CCCCCCCCCCCCCCC(C)C. The maximum absolute atomic E-state index is 13.0. The van der Waals surface area contributed by atoms with Gasteiger partial charge in [0.15, 0.2) is 12.2 Å². The largest absolute Gasteiger partial charge is 0.472 e. The number of aliphatic hydroxyl groups is 1. The van der Waals surface area contributed by atoms with E-state index in [2.05, 4.69) is 55.4 Å². The Morgan fingerprint density at radius 1 is 0.311 bits per heavy atom. The number of ether oxygens (including phenoxy) is 4. The molecule has 0 radical (unpaired) electrons. The van der Waals surface area contributed by atoms with Crippen LogP contribution in [-0.4, -0.2) is 96.7 Å². The van der Waals surface area contributed by atoms with Crippen LogP contribution in [-0.2, 0) is 65.4 Å². The van der Waals surface area contributed by atoms with Crippen molar-refractivity contribution < 1.29 is 80.2 Å². The summed E-state index contributed by atoms with van der Waals surface area (Å²) in [6.45, 7) is 14.1. The smallest absolute Gasteiger partial charge is 0.462 e. The first kappa shape index (κ1) is 88.1. The molecule has 17 nitrogen and oxygen atoms in total. The highest BCUT2D eigenvalue weighted by molar-refractivity contribution is 7.47. The summed E-state index contributed by atoms with van der Waals surface area (Å²) in [7, 11) is -9.90. The lowest BCUT2D eigenvalue weighted by atomic mass is 9.99. The van der Waals surface area contributed by atoms with E-state index in [-0.39, 0.29) is 25.7 Å². The van der Waals surface area contributed by atoms with Crippen LogP contribution in [0.2, 0.25) is 0 Å². The molecule has 0 aromatic rings. The third kappa shape index (κ3) is 63.5. The molecule has 90 heavy (non-hydrogen) atoms. The van der Waals surface area contributed by atoms with Crippen LogP contribution in [0, 0.1) is 23.7 Å². The van der Waals surface area contributed by atoms with Gasteiger partial charge >= 0.3 is 39.5 Å². The molecular weight excluding hydrogens is 1190 g/mol. The van der Waals surface area contributed by atoms with Gasteiger partial charge in [0, 0.05) is 25.7 Å². The zero-order valence-corrected chi connectivity index (χ0v) is 60.6. The highest BCUT2D eigenvalue weighted by Gasteiger charge is 2.30. The quantitative estimate of drug-likeness (QED) is 0.0222. The molecule has 0 bridgehead atoms. The van der Waals surface area contributed by atoms with Gasteiger partial charge in [-0.2, -0.15) is 0 Å². The van der Waals surface area contributed by atoms with E-state index in [1.165, 1.54) is 148 Å². The van der Waals surface area contributed by atoms with Gasteiger partial charge in [0.2, 0.25) is 0 Å². The lowest BCUT2D eigenvalue weighted by Crippen LogP contribution is -2.30. The fourth-order valence-corrected chi connectivity index (χ4v) is 12.2. The summed E-state index contributed by atoms with van der Waals surface area (Å²) in [4.78, 5) is 72.6. The minimum absolute atomic E-state index is 0.104. The van der Waals surface area contributed by atoms with E-state index < -0.39 is 97.5 Å². The topological polar surface area (TPSA) is 237 Å². The maximum Gasteiger partial charge on any atom is 0.472 e. The lowest BCUT2D eigenvalue weighted by molar-refractivity contribution is -0.161. The van der Waals surface area contributed by atoms with Gasteiger partial charge in [-0.05, 0) is 49.4 Å². The molecule has 0 spiro atoms. The summed E-state index contributed by atoms with van der Waals surface area (Å²) in [5.41, 5.74) is 0. The molecule has 3 unspecified atom stereocenters. The molecule has 0 aromatic carbocycles. The second-order valence-corrected chi connectivity index (χ2v) is 30.2. The average molecular weight is 1330 g/mol. The monoisotopic (exact) mass is 1320 g/mol. The lowest BCUT2D eigenvalue weighted by Gasteiger charge is -2.21. The van der Waals surface area contributed by atoms with Crippen LogP contribution in [0.1, 0.15) is 351 Å². The number of rotatable bonds is 68. The maximum atomic E-state index is 13.0. The summed E-state index contributed by atoms with van der Waals surface area (Å²) in [5, 5.41) is 10.6. The molecule has 0 aromatic heterocycles. The van der Waals surface area contributed by atoms with Crippen molar-refractivity contribution in [1.29, 1.82) is 0 Å². The number of aliphatic hydroxyl groups excluding tert-OH is 1. The van der Waals surface area contributed by atoms with Crippen LogP contribution in [0.4, 0.5) is 0 Å². The summed E-state index contributed by atoms with van der Waals surface area (Å²) >= 11 is 0. The van der Waals surface area contributed by atoms with Crippen molar-refractivity contribution in [3.8, 4) is 0 Å². The van der Waals surface area contributed by atoms with Crippen LogP contribution in [0.25, 0.3) is 0 Å². The Kier molecular flexibility index (Phi) is 59.4. The van der Waals surface area contributed by atoms with E-state index in [1.807, 2.05) is 0 Å². The standard InChI is InChI=1S/C71H138O17P2/c1-9-64(8)50-42-34-25-19-14-15-20-26-35-43-51-68(73)81-57-66(87-70(75)53-45-37-27-21-13-11-10-12-17-23-31-39-47-61(2)3)59-85-89(77,78)83-55-65(72)56-84-90(79,80)86-60-67(58-82-69(74)52-44-36-30-29-33-41-49-63(6)7)88-71(76)54-46-38-28-22-16-18-24-32-40-48-62(4)5/h61-67,72H,9-60H2,1-8H3,(H,77,78)(H,79,80)/t64?,65-,66-,67-/m1/s1. The van der Waals surface area contributed by atoms with E-state index in [0.29, 0.717) is 31.6 Å². The van der Waals surface area contributed by atoms with Crippen LogP contribution in [0.15, 0.2) is 0 Å². The number of carbonyl (C=O) groups is 4. The van der Waals surface area contributed by atoms with Gasteiger partial charge in [-0.15, -0.1) is 0 Å². The molecule has 0 aliphatic carbocycles. The van der Waals surface area contributed by atoms with E-state index >= 15 is 0 Å². The summed E-state index contributed by atoms with van der Waals surface area (Å²) in [6, 6.07) is 0. The number of hydrogen-bond acceptors (Lipinski definition) is 15. The third-order valence-corrected chi connectivity index (χ3v) is 18.6. The van der Waals surface area contributed by atoms with E-state index in [0.717, 1.165) is 114 Å². The number of phosphoric ester groups is 2. The Bertz CT molecular complexity index is 1780. The number of hydrogen-bond donors (Lipinski definition) is 3. The average Bonchev–Trinajstić information content (AvgIpc) is 2.82. The molecule has 0 aliphatic rings. The zero-order valence-electron chi connectivity index (χ0n) is 58.8. The molecule has 0 fully saturated rings. The Labute approximate surface area is 549 Å². The van der Waals surface area contributed by atoms with Crippen molar-refractivity contribution in [3.63, 3.8) is 0 Å². The van der Waals surface area contributed by atoms with Crippen LogP contribution < -0.4 is 0 Å². The summed E-state index contributed by atoms with van der Waals surface area (Å²) in [6.07, 6.45) is 43.1. The van der Waals surface area contributed by atoms with E-state index in [9.17, 15) is 43.2 Å². The fourth-order valence-electron chi connectivity index (χ4n) is 10.6. The van der Waals surface area contributed by atoms with Gasteiger partial charge in [-0.1, -0.05) is 299 Å². The third-order valence-electron chi connectivity index (χ3n) is 16.7. The number of esters is 4. The van der Waals surface area contributed by atoms with Gasteiger partial charge in [-0.25, -0.2) is 9.13 Å². The van der Waals surface area contributed by atoms with Crippen LogP contribution in [0.3, 0.4) is 0 Å². The van der Waals surface area contributed by atoms with E-state index in [4.69, 9.17) is 37.0 Å². The highest BCUT2D eigenvalue weighted by atomic mass is 31.2. The Morgan fingerprint density at radius 2 is 0.533 bits per heavy atom. The second kappa shape index (κ2) is 60.7. The van der Waals surface area contributed by atoms with Gasteiger partial charge in [0.25, 0.3) is 0 Å². The molecule has 534 valence electrons. The minimum Gasteiger partial charge on any atom is -0.462 e. The molecule has 0 saturated carbocycles. The minimum atomic E-state index is -4.95. The Balaban J connectivity index is 5.26. The van der Waals surface area contributed by atoms with Crippen molar-refractivity contribution in [2.75, 3.05) is 39.6 Å². The molecule has 0 rings (SSSR count). The van der Waals surface area contributed by atoms with Gasteiger partial charge in [0.1, 0.15) is 19.3 Å². The number of carbonyl (C=O) groups excluding carboxylic acids is 4. The van der Waals surface area contributed by atoms with Crippen molar-refractivity contribution in [1.82, 2.24) is 0 Å². The molecular formula is C71H138O17P2. The normalized spacial score (nSPS) is 14.6. The number of unbranched alkanes of at least 4 members (excludes halogenated alkanes) is 33. The zero-order chi connectivity index (χ0) is 66.8. The van der Waals surface area contributed by atoms with Crippen LogP contribution >= 0.6 is 15.6 Å². The Hall–Kier alpha value is -1.94. The molecule has 0 aliphatic heterocycles. The molecule has 6 atom stereocenters. The van der Waals surface area contributed by atoms with Crippen molar-refractivity contribution in [2.24, 2.45) is 23.7 Å². The van der Waals surface area contributed by atoms with Gasteiger partial charge in [0.05, 0.1) is 26.4 Å². The predicted molar refractivity (Wildman–Crippen MR) is 363 cm³/mol. The van der Waals surface area contributed by atoms with E-state index in [1.54, 1.807) is 0 Å².